The average Bonchev–Trinajstić information content (AvgIpc) is 2.73. The summed E-state index contributed by atoms with van der Waals surface area (Å²) in [5.41, 5.74) is 2.72. The van der Waals surface area contributed by atoms with Gasteiger partial charge in [0.25, 0.3) is 0 Å². The van der Waals surface area contributed by atoms with Crippen molar-refractivity contribution in [2.24, 2.45) is 0 Å². The van der Waals surface area contributed by atoms with Gasteiger partial charge in [0.15, 0.2) is 0 Å². The lowest BCUT2D eigenvalue weighted by Crippen LogP contribution is -2.43. The van der Waals surface area contributed by atoms with Crippen LogP contribution in [0.3, 0.4) is 0 Å². The minimum atomic E-state index is -0.220. The van der Waals surface area contributed by atoms with Crippen molar-refractivity contribution in [2.45, 2.75) is 57.1 Å². The van der Waals surface area contributed by atoms with Gasteiger partial charge in [0.2, 0.25) is 0 Å². The number of hydrogen-bond acceptors (Lipinski definition) is 2. The third-order valence-electron chi connectivity index (χ3n) is 6.02. The van der Waals surface area contributed by atoms with E-state index in [0.29, 0.717) is 6.61 Å². The molecule has 0 unspecified atom stereocenters. The fourth-order valence-electron chi connectivity index (χ4n) is 4.15. The van der Waals surface area contributed by atoms with E-state index in [2.05, 4.69) is 37.3 Å². The smallest absolute Gasteiger partial charge is 0.410 e. The molecule has 3 nitrogen and oxygen atoms in total. The molecular weight excluding hydrogens is 322 g/mol. The zero-order chi connectivity index (χ0) is 18.4. The summed E-state index contributed by atoms with van der Waals surface area (Å²) in [4.78, 5) is 14.2. The molecule has 3 heteroatoms. The van der Waals surface area contributed by atoms with Crippen LogP contribution >= 0.6 is 0 Å². The van der Waals surface area contributed by atoms with E-state index < -0.39 is 0 Å². The molecule has 1 saturated carbocycles. The molecule has 2 aromatic carbocycles. The monoisotopic (exact) mass is 351 g/mol. The van der Waals surface area contributed by atoms with Gasteiger partial charge in [0.05, 0.1) is 0 Å². The number of rotatable bonds is 5. The van der Waals surface area contributed by atoms with Crippen LogP contribution in [0.5, 0.6) is 0 Å². The quantitative estimate of drug-likeness (QED) is 0.707. The molecule has 0 atom stereocenters. The number of ether oxygens (including phenoxy) is 1. The second-order valence-corrected chi connectivity index (χ2v) is 7.38. The van der Waals surface area contributed by atoms with Crippen molar-refractivity contribution in [3.05, 3.63) is 71.8 Å². The van der Waals surface area contributed by atoms with E-state index in [1.165, 1.54) is 5.56 Å². The number of carbonyl (C=O) groups is 1. The first-order valence-corrected chi connectivity index (χ1v) is 9.64. The summed E-state index contributed by atoms with van der Waals surface area (Å²) in [7, 11) is 1.87. The molecule has 138 valence electrons. The number of nitrogens with zero attached hydrogens (tertiary/aromatic N) is 1. The van der Waals surface area contributed by atoms with Crippen LogP contribution in [0.1, 0.15) is 50.2 Å². The van der Waals surface area contributed by atoms with E-state index in [1.54, 1.807) is 4.90 Å². The second kappa shape index (κ2) is 8.39. The zero-order valence-corrected chi connectivity index (χ0v) is 15.9. The van der Waals surface area contributed by atoms with Gasteiger partial charge in [-0.3, -0.25) is 0 Å². The van der Waals surface area contributed by atoms with Crippen LogP contribution in [0.25, 0.3) is 0 Å². The first kappa shape index (κ1) is 18.5. The van der Waals surface area contributed by atoms with Crippen LogP contribution in [-0.2, 0) is 16.8 Å². The lowest BCUT2D eigenvalue weighted by molar-refractivity contribution is 0.0755. The van der Waals surface area contributed by atoms with Gasteiger partial charge < -0.3 is 9.64 Å². The number of carbonyl (C=O) groups excluding carboxylic acids is 1. The third kappa shape index (κ3) is 4.09. The summed E-state index contributed by atoms with van der Waals surface area (Å²) in [5.74, 6) is 0. The van der Waals surface area contributed by atoms with E-state index in [-0.39, 0.29) is 17.6 Å². The summed E-state index contributed by atoms with van der Waals surface area (Å²) in [6.45, 7) is 2.62. The highest BCUT2D eigenvalue weighted by Gasteiger charge is 2.37. The highest BCUT2D eigenvalue weighted by atomic mass is 16.6. The molecule has 0 saturated heterocycles. The Morgan fingerprint density at radius 3 is 2.19 bits per heavy atom. The Morgan fingerprint density at radius 2 is 1.62 bits per heavy atom. The van der Waals surface area contributed by atoms with Crippen LogP contribution in [0, 0.1) is 0 Å². The number of benzene rings is 2. The number of amides is 1. The lowest BCUT2D eigenvalue weighted by atomic mass is 9.66. The second-order valence-electron chi connectivity index (χ2n) is 7.38. The van der Waals surface area contributed by atoms with Crippen LogP contribution in [-0.4, -0.2) is 24.1 Å². The van der Waals surface area contributed by atoms with Crippen LogP contribution in [0.2, 0.25) is 0 Å². The molecule has 0 N–H and O–H groups in total. The van der Waals surface area contributed by atoms with Crippen molar-refractivity contribution in [1.29, 1.82) is 0 Å². The average molecular weight is 351 g/mol. The molecular formula is C23H29NO2. The van der Waals surface area contributed by atoms with Crippen LogP contribution < -0.4 is 0 Å². The van der Waals surface area contributed by atoms with Crippen LogP contribution in [0.4, 0.5) is 4.79 Å². The molecule has 0 aliphatic heterocycles. The van der Waals surface area contributed by atoms with Crippen molar-refractivity contribution in [3.8, 4) is 0 Å². The van der Waals surface area contributed by atoms with Crippen molar-refractivity contribution < 1.29 is 9.53 Å². The Bertz CT molecular complexity index is 691. The van der Waals surface area contributed by atoms with Gasteiger partial charge in [0, 0.05) is 13.1 Å². The van der Waals surface area contributed by atoms with Crippen LogP contribution in [0.15, 0.2) is 60.7 Å². The van der Waals surface area contributed by atoms with E-state index in [9.17, 15) is 4.79 Å². The van der Waals surface area contributed by atoms with E-state index in [0.717, 1.165) is 37.7 Å². The lowest BCUT2D eigenvalue weighted by Gasteiger charge is -2.42. The first-order chi connectivity index (χ1) is 12.6. The molecule has 1 fully saturated rings. The maximum absolute atomic E-state index is 12.4. The van der Waals surface area contributed by atoms with E-state index in [4.69, 9.17) is 4.74 Å². The van der Waals surface area contributed by atoms with Crippen molar-refractivity contribution in [1.82, 2.24) is 4.90 Å². The maximum Gasteiger partial charge on any atom is 0.410 e. The SMILES string of the molecule is CCC1(c2ccccc2)CCC(N(C)C(=O)OCc2ccccc2)CC1. The molecule has 1 aliphatic carbocycles. The fraction of sp³-hybridized carbons (Fsp3) is 0.435. The molecule has 3 rings (SSSR count). The summed E-state index contributed by atoms with van der Waals surface area (Å²) in [6.07, 6.45) is 5.22. The predicted octanol–water partition coefficient (Wildman–Crippen LogP) is 5.55. The maximum atomic E-state index is 12.4. The summed E-state index contributed by atoms with van der Waals surface area (Å²) < 4.78 is 5.49. The molecule has 0 bridgehead atoms. The van der Waals surface area contributed by atoms with Crippen molar-refractivity contribution >= 4 is 6.09 Å². The van der Waals surface area contributed by atoms with Gasteiger partial charge in [0.1, 0.15) is 6.61 Å². The molecule has 0 radical (unpaired) electrons. The molecule has 0 heterocycles. The Kier molecular flexibility index (Phi) is 5.97. The summed E-state index contributed by atoms with van der Waals surface area (Å²) in [6, 6.07) is 20.9. The minimum absolute atomic E-state index is 0.220. The Morgan fingerprint density at radius 1 is 1.04 bits per heavy atom. The standard InChI is InChI=1S/C23H29NO2/c1-3-23(20-12-8-5-9-13-20)16-14-21(15-17-23)24(2)22(25)26-18-19-10-6-4-7-11-19/h4-13,21H,3,14-18H2,1-2H3. The zero-order valence-electron chi connectivity index (χ0n) is 15.9. The van der Waals surface area contributed by atoms with Gasteiger partial charge in [-0.05, 0) is 48.6 Å². The summed E-state index contributed by atoms with van der Waals surface area (Å²) >= 11 is 0. The summed E-state index contributed by atoms with van der Waals surface area (Å²) in [5, 5.41) is 0. The minimum Gasteiger partial charge on any atom is -0.445 e. The fourth-order valence-corrected chi connectivity index (χ4v) is 4.15. The molecule has 0 spiro atoms. The van der Waals surface area contributed by atoms with Gasteiger partial charge in [-0.1, -0.05) is 67.6 Å². The van der Waals surface area contributed by atoms with E-state index in [1.807, 2.05) is 37.4 Å². The first-order valence-electron chi connectivity index (χ1n) is 9.64. The van der Waals surface area contributed by atoms with Crippen molar-refractivity contribution in [3.63, 3.8) is 0 Å². The van der Waals surface area contributed by atoms with Gasteiger partial charge >= 0.3 is 6.09 Å². The predicted molar refractivity (Wildman–Crippen MR) is 105 cm³/mol. The normalized spacial score (nSPS) is 22.6. The third-order valence-corrected chi connectivity index (χ3v) is 6.02. The molecule has 2 aromatic rings. The molecule has 1 aliphatic rings. The van der Waals surface area contributed by atoms with Crippen molar-refractivity contribution in [2.75, 3.05) is 7.05 Å². The van der Waals surface area contributed by atoms with Gasteiger partial charge in [-0.25, -0.2) is 4.79 Å². The molecule has 0 aromatic heterocycles. The van der Waals surface area contributed by atoms with E-state index >= 15 is 0 Å². The highest BCUT2D eigenvalue weighted by molar-refractivity contribution is 5.67. The van der Waals surface area contributed by atoms with Gasteiger partial charge in [-0.15, -0.1) is 0 Å². The Labute approximate surface area is 157 Å². The number of hydrogen-bond donors (Lipinski definition) is 0. The Hall–Kier alpha value is -2.29. The largest absolute Gasteiger partial charge is 0.445 e. The topological polar surface area (TPSA) is 29.5 Å². The van der Waals surface area contributed by atoms with Gasteiger partial charge in [-0.2, -0.15) is 0 Å². The highest BCUT2D eigenvalue weighted by Crippen LogP contribution is 2.43. The molecule has 26 heavy (non-hydrogen) atoms. The molecule has 1 amide bonds. The Balaban J connectivity index is 1.56.